The number of benzene rings is 2. The van der Waals surface area contributed by atoms with E-state index in [2.05, 4.69) is 4.98 Å². The number of aliphatic hydroxyl groups excluding tert-OH is 1. The molecule has 0 spiro atoms. The summed E-state index contributed by atoms with van der Waals surface area (Å²) in [5.74, 6) is -2.65. The maximum atomic E-state index is 14.7. The number of hydrogen-bond acceptors (Lipinski definition) is 4. The van der Waals surface area contributed by atoms with Crippen LogP contribution in [0.4, 0.5) is 10.1 Å². The summed E-state index contributed by atoms with van der Waals surface area (Å²) in [5, 5.41) is 10.9. The van der Waals surface area contributed by atoms with Gasteiger partial charge >= 0.3 is 0 Å². The highest BCUT2D eigenvalue weighted by Gasteiger charge is 2.47. The predicted molar refractivity (Wildman–Crippen MR) is 107 cm³/mol. The third-order valence-electron chi connectivity index (χ3n) is 4.89. The summed E-state index contributed by atoms with van der Waals surface area (Å²) in [4.78, 5) is 31.0. The minimum absolute atomic E-state index is 0.115. The van der Waals surface area contributed by atoms with Crippen LogP contribution in [0, 0.1) is 12.7 Å². The Morgan fingerprint density at radius 2 is 1.76 bits per heavy atom. The second-order valence-electron chi connectivity index (χ2n) is 6.77. The molecule has 2 aromatic carbocycles. The van der Waals surface area contributed by atoms with E-state index in [4.69, 9.17) is 0 Å². The Balaban J connectivity index is 1.97. The highest BCUT2D eigenvalue weighted by atomic mass is 19.1. The van der Waals surface area contributed by atoms with E-state index in [0.717, 1.165) is 5.56 Å². The highest BCUT2D eigenvalue weighted by Crippen LogP contribution is 2.42. The highest BCUT2D eigenvalue weighted by molar-refractivity contribution is 6.51. The number of ketones is 1. The molecule has 1 aliphatic heterocycles. The first kappa shape index (κ1) is 18.6. The topological polar surface area (TPSA) is 70.5 Å². The van der Waals surface area contributed by atoms with Crippen LogP contribution in [0.3, 0.4) is 0 Å². The molecule has 2 heterocycles. The van der Waals surface area contributed by atoms with E-state index >= 15 is 0 Å². The van der Waals surface area contributed by atoms with E-state index in [1.54, 1.807) is 42.5 Å². The SMILES string of the molecule is Cc1ccc(/C(O)=C2\C(=O)C(=O)N(c3cccnc3)C2c2ccccc2F)cc1. The zero-order valence-electron chi connectivity index (χ0n) is 15.5. The molecular formula is C23H17FN2O3. The van der Waals surface area contributed by atoms with Gasteiger partial charge in [-0.05, 0) is 25.1 Å². The number of aryl methyl sites for hydroxylation is 1. The average molecular weight is 388 g/mol. The van der Waals surface area contributed by atoms with E-state index in [0.29, 0.717) is 11.3 Å². The normalized spacial score (nSPS) is 18.3. The Kier molecular flexibility index (Phi) is 4.68. The lowest BCUT2D eigenvalue weighted by Gasteiger charge is -2.25. The first-order chi connectivity index (χ1) is 14.0. The zero-order valence-corrected chi connectivity index (χ0v) is 15.5. The minimum Gasteiger partial charge on any atom is -0.507 e. The van der Waals surface area contributed by atoms with Gasteiger partial charge in [-0.25, -0.2) is 4.39 Å². The van der Waals surface area contributed by atoms with Crippen molar-refractivity contribution in [1.82, 2.24) is 4.98 Å². The van der Waals surface area contributed by atoms with Gasteiger partial charge in [0, 0.05) is 17.3 Å². The number of aliphatic hydroxyl groups is 1. The molecule has 3 aromatic rings. The van der Waals surface area contributed by atoms with Gasteiger partial charge in [-0.1, -0.05) is 48.0 Å². The van der Waals surface area contributed by atoms with Crippen molar-refractivity contribution >= 4 is 23.1 Å². The molecule has 4 rings (SSSR count). The van der Waals surface area contributed by atoms with Gasteiger partial charge in [0.1, 0.15) is 11.6 Å². The second-order valence-corrected chi connectivity index (χ2v) is 6.77. The Morgan fingerprint density at radius 3 is 2.41 bits per heavy atom. The summed E-state index contributed by atoms with van der Waals surface area (Å²) in [6.45, 7) is 1.89. The van der Waals surface area contributed by atoms with E-state index in [-0.39, 0.29) is 16.9 Å². The van der Waals surface area contributed by atoms with Crippen molar-refractivity contribution in [1.29, 1.82) is 0 Å². The summed E-state index contributed by atoms with van der Waals surface area (Å²) < 4.78 is 14.7. The van der Waals surface area contributed by atoms with Gasteiger partial charge in [0.15, 0.2) is 0 Å². The molecule has 1 N–H and O–H groups in total. The lowest BCUT2D eigenvalue weighted by molar-refractivity contribution is -0.132. The van der Waals surface area contributed by atoms with Gasteiger partial charge in [-0.2, -0.15) is 0 Å². The molecule has 1 unspecified atom stereocenters. The molecule has 0 radical (unpaired) electrons. The van der Waals surface area contributed by atoms with Gasteiger partial charge in [0.05, 0.1) is 23.5 Å². The van der Waals surface area contributed by atoms with E-state index in [9.17, 15) is 19.1 Å². The van der Waals surface area contributed by atoms with Gasteiger partial charge in [-0.15, -0.1) is 0 Å². The van der Waals surface area contributed by atoms with Crippen LogP contribution in [-0.2, 0) is 9.59 Å². The Bertz CT molecular complexity index is 1120. The number of aromatic nitrogens is 1. The number of rotatable bonds is 3. The summed E-state index contributed by atoms with van der Waals surface area (Å²) >= 11 is 0. The maximum absolute atomic E-state index is 14.7. The van der Waals surface area contributed by atoms with Crippen LogP contribution in [0.1, 0.15) is 22.7 Å². The molecule has 1 saturated heterocycles. The standard InChI is InChI=1S/C23H17FN2O3/c1-14-8-10-15(11-9-14)21(27)19-20(17-6-2-3-7-18(17)24)26(23(29)22(19)28)16-5-4-12-25-13-16/h2-13,20,27H,1H3/b21-19+. The molecule has 1 aliphatic rings. The number of hydrogen-bond donors (Lipinski definition) is 1. The first-order valence-electron chi connectivity index (χ1n) is 9.01. The van der Waals surface area contributed by atoms with E-state index < -0.39 is 23.5 Å². The van der Waals surface area contributed by atoms with E-state index in [1.165, 1.54) is 35.5 Å². The quantitative estimate of drug-likeness (QED) is 0.416. The molecular weight excluding hydrogens is 371 g/mol. The number of carbonyl (C=O) groups excluding carboxylic acids is 2. The minimum atomic E-state index is -1.11. The number of Topliss-reactive ketones (excluding diaryl/α,β-unsaturated/α-hetero) is 1. The van der Waals surface area contributed by atoms with Crippen molar-refractivity contribution in [2.75, 3.05) is 4.90 Å². The fourth-order valence-electron chi connectivity index (χ4n) is 3.45. The third-order valence-corrected chi connectivity index (χ3v) is 4.89. The molecule has 1 amide bonds. The fraction of sp³-hybridized carbons (Fsp3) is 0.0870. The predicted octanol–water partition coefficient (Wildman–Crippen LogP) is 4.16. The summed E-state index contributed by atoms with van der Waals surface area (Å²) in [5.41, 5.74) is 1.65. The van der Waals surface area contributed by atoms with Gasteiger partial charge in [0.2, 0.25) is 0 Å². The van der Waals surface area contributed by atoms with Crippen LogP contribution in [0.2, 0.25) is 0 Å². The first-order valence-corrected chi connectivity index (χ1v) is 9.01. The summed E-state index contributed by atoms with van der Waals surface area (Å²) in [6.07, 6.45) is 2.95. The molecule has 144 valence electrons. The lowest BCUT2D eigenvalue weighted by Crippen LogP contribution is -2.29. The van der Waals surface area contributed by atoms with E-state index in [1.807, 2.05) is 6.92 Å². The molecule has 6 heteroatoms. The van der Waals surface area contributed by atoms with Crippen LogP contribution in [0.25, 0.3) is 5.76 Å². The number of anilines is 1. The van der Waals surface area contributed by atoms with Crippen molar-refractivity contribution in [3.05, 3.63) is 101 Å². The number of amides is 1. The molecule has 1 atom stereocenters. The molecule has 0 bridgehead atoms. The van der Waals surface area contributed by atoms with Crippen molar-refractivity contribution < 1.29 is 19.1 Å². The summed E-state index contributed by atoms with van der Waals surface area (Å²) in [6, 6.07) is 14.9. The van der Waals surface area contributed by atoms with Gasteiger partial charge in [-0.3, -0.25) is 19.5 Å². The third kappa shape index (κ3) is 3.18. The van der Waals surface area contributed by atoms with Crippen molar-refractivity contribution in [2.45, 2.75) is 13.0 Å². The molecule has 0 aliphatic carbocycles. The average Bonchev–Trinajstić information content (AvgIpc) is 3.00. The van der Waals surface area contributed by atoms with Gasteiger partial charge in [0.25, 0.3) is 11.7 Å². The van der Waals surface area contributed by atoms with Crippen molar-refractivity contribution in [2.24, 2.45) is 0 Å². The van der Waals surface area contributed by atoms with Crippen LogP contribution >= 0.6 is 0 Å². The zero-order chi connectivity index (χ0) is 20.5. The fourth-order valence-corrected chi connectivity index (χ4v) is 3.45. The smallest absolute Gasteiger partial charge is 0.300 e. The molecule has 29 heavy (non-hydrogen) atoms. The maximum Gasteiger partial charge on any atom is 0.300 e. The van der Waals surface area contributed by atoms with Crippen LogP contribution in [0.15, 0.2) is 78.6 Å². The van der Waals surface area contributed by atoms with Crippen LogP contribution < -0.4 is 4.90 Å². The molecule has 0 saturated carbocycles. The number of nitrogens with zero attached hydrogens (tertiary/aromatic N) is 2. The molecule has 1 fully saturated rings. The summed E-state index contributed by atoms with van der Waals surface area (Å²) in [7, 11) is 0. The van der Waals surface area contributed by atoms with Crippen LogP contribution in [-0.4, -0.2) is 21.8 Å². The van der Waals surface area contributed by atoms with Crippen molar-refractivity contribution in [3.63, 3.8) is 0 Å². The second kappa shape index (κ2) is 7.31. The molecule has 5 nitrogen and oxygen atoms in total. The Labute approximate surface area is 166 Å². The number of carbonyl (C=O) groups is 2. The molecule has 1 aromatic heterocycles. The Morgan fingerprint density at radius 1 is 1.03 bits per heavy atom. The number of halogens is 1. The Hall–Kier alpha value is -3.80. The largest absolute Gasteiger partial charge is 0.507 e. The van der Waals surface area contributed by atoms with Gasteiger partial charge < -0.3 is 5.11 Å². The lowest BCUT2D eigenvalue weighted by atomic mass is 9.94. The van der Waals surface area contributed by atoms with Crippen molar-refractivity contribution in [3.8, 4) is 0 Å². The monoisotopic (exact) mass is 388 g/mol. The number of pyridine rings is 1. The van der Waals surface area contributed by atoms with Crippen LogP contribution in [0.5, 0.6) is 0 Å².